The molecule has 4 heterocycles. The number of benzene rings is 2. The molecule has 7 nitrogen and oxygen atoms in total. The lowest BCUT2D eigenvalue weighted by Crippen LogP contribution is -2.54. The molecule has 0 amide bonds. The summed E-state index contributed by atoms with van der Waals surface area (Å²) in [4.78, 5) is 18.3. The van der Waals surface area contributed by atoms with Gasteiger partial charge in [0.15, 0.2) is 5.82 Å². The molecule has 43 heavy (non-hydrogen) atoms. The van der Waals surface area contributed by atoms with Crippen LogP contribution in [0.5, 0.6) is 6.01 Å². The number of nitrogens with zero attached hydrogens (tertiary/aromatic N) is 5. The Kier molecular flexibility index (Phi) is 6.94. The predicted octanol–water partition coefficient (Wildman–Crippen LogP) is 5.82. The first kappa shape index (κ1) is 27.9. The summed E-state index contributed by atoms with van der Waals surface area (Å²) in [6.45, 7) is 2.19. The zero-order valence-electron chi connectivity index (χ0n) is 24.7. The third-order valence-electron chi connectivity index (χ3n) is 10.0. The van der Waals surface area contributed by atoms with E-state index in [4.69, 9.17) is 16.1 Å². The van der Waals surface area contributed by atoms with Crippen molar-refractivity contribution in [2.24, 2.45) is 0 Å². The topological polar surface area (TPSA) is 66.4 Å². The van der Waals surface area contributed by atoms with Gasteiger partial charge >= 0.3 is 6.01 Å². The minimum atomic E-state index is -0.872. The van der Waals surface area contributed by atoms with E-state index < -0.39 is 12.0 Å². The van der Waals surface area contributed by atoms with Gasteiger partial charge in [0.2, 0.25) is 0 Å². The summed E-state index contributed by atoms with van der Waals surface area (Å²) in [5, 5.41) is 5.64. The molecule has 1 unspecified atom stereocenters. The lowest BCUT2D eigenvalue weighted by atomic mass is 9.75. The van der Waals surface area contributed by atoms with Crippen molar-refractivity contribution in [3.05, 3.63) is 54.0 Å². The molecule has 4 aromatic rings. The zero-order valence-corrected chi connectivity index (χ0v) is 24.7. The van der Waals surface area contributed by atoms with Crippen LogP contribution >= 0.6 is 0 Å². The number of ether oxygens (including phenoxy) is 1. The van der Waals surface area contributed by atoms with Gasteiger partial charge in [-0.15, -0.1) is 6.42 Å². The van der Waals surface area contributed by atoms with Gasteiger partial charge in [-0.05, 0) is 64.2 Å². The summed E-state index contributed by atoms with van der Waals surface area (Å²) in [6, 6.07) is 11.4. The molecule has 0 radical (unpaired) electrons. The number of likely N-dealkylation sites (N-methyl/N-ethyl adjacent to an activating group) is 1. The van der Waals surface area contributed by atoms with Crippen LogP contribution in [0.4, 0.5) is 14.6 Å². The number of rotatable bonds is 8. The second-order valence-corrected chi connectivity index (χ2v) is 12.6. The molecular weight excluding hydrogens is 546 g/mol. The van der Waals surface area contributed by atoms with Gasteiger partial charge in [0.25, 0.3) is 0 Å². The molecule has 1 aliphatic carbocycles. The highest BCUT2D eigenvalue weighted by Crippen LogP contribution is 2.41. The van der Waals surface area contributed by atoms with E-state index in [1.807, 2.05) is 36.4 Å². The van der Waals surface area contributed by atoms with Crippen molar-refractivity contribution in [1.82, 2.24) is 24.8 Å². The van der Waals surface area contributed by atoms with Gasteiger partial charge in [-0.2, -0.15) is 9.97 Å². The molecule has 1 N–H and O–H groups in total. The molecule has 2 atom stereocenters. The van der Waals surface area contributed by atoms with Crippen molar-refractivity contribution in [3.8, 4) is 29.6 Å². The molecule has 7 rings (SSSR count). The number of hydrogen-bond acceptors (Lipinski definition) is 7. The van der Waals surface area contributed by atoms with Crippen LogP contribution < -0.4 is 10.1 Å². The van der Waals surface area contributed by atoms with Gasteiger partial charge in [-0.25, -0.2) is 8.78 Å². The third kappa shape index (κ3) is 4.68. The number of terminal acetylenes is 1. The van der Waals surface area contributed by atoms with Crippen LogP contribution in [0, 0.1) is 18.2 Å². The fourth-order valence-electron chi connectivity index (χ4n) is 7.34. The standard InChI is InChI=1S/C34H36F2N6O/c1-4-22-9-5-10-23-11-6-12-25(27(22)23)29-28(36)30-26(18-37-29)31(38-20-33(41(2)3)13-7-14-33)40-32(39-30)43-21-34-15-8-16-42(34)19-24(35)17-34/h1,5-6,9-12,18,24H,7-8,13-17,19-21H2,2-3H3,(H,38,39,40)/t24-,34?/m1/s1. The van der Waals surface area contributed by atoms with Crippen LogP contribution in [-0.2, 0) is 0 Å². The lowest BCUT2D eigenvalue weighted by molar-refractivity contribution is 0.0738. The van der Waals surface area contributed by atoms with Gasteiger partial charge in [-0.1, -0.05) is 36.3 Å². The van der Waals surface area contributed by atoms with Gasteiger partial charge in [-0.3, -0.25) is 9.88 Å². The first-order valence-electron chi connectivity index (χ1n) is 15.1. The number of pyridine rings is 1. The van der Waals surface area contributed by atoms with Crippen molar-refractivity contribution in [2.45, 2.75) is 55.8 Å². The van der Waals surface area contributed by atoms with Gasteiger partial charge in [0.1, 0.15) is 29.8 Å². The Hall–Kier alpha value is -3.87. The lowest BCUT2D eigenvalue weighted by Gasteiger charge is -2.47. The highest BCUT2D eigenvalue weighted by molar-refractivity contribution is 6.01. The summed E-state index contributed by atoms with van der Waals surface area (Å²) >= 11 is 0. The Morgan fingerprint density at radius 1 is 1.14 bits per heavy atom. The molecule has 2 saturated heterocycles. The van der Waals surface area contributed by atoms with Gasteiger partial charge in [0, 0.05) is 47.8 Å². The Morgan fingerprint density at radius 3 is 2.70 bits per heavy atom. The summed E-state index contributed by atoms with van der Waals surface area (Å²) in [6.07, 6.45) is 12.2. The smallest absolute Gasteiger partial charge is 0.319 e. The molecule has 2 aromatic heterocycles. The second-order valence-electron chi connectivity index (χ2n) is 12.6. The van der Waals surface area contributed by atoms with Gasteiger partial charge < -0.3 is 15.0 Å². The first-order chi connectivity index (χ1) is 20.8. The van der Waals surface area contributed by atoms with Crippen molar-refractivity contribution in [2.75, 3.05) is 45.7 Å². The van der Waals surface area contributed by atoms with E-state index in [0.29, 0.717) is 41.8 Å². The molecule has 3 fully saturated rings. The summed E-state index contributed by atoms with van der Waals surface area (Å²) in [5.41, 5.74) is 1.18. The molecule has 0 bridgehead atoms. The quantitative estimate of drug-likeness (QED) is 0.263. The number of anilines is 1. The fraction of sp³-hybridized carbons (Fsp3) is 0.441. The van der Waals surface area contributed by atoms with Crippen LogP contribution in [-0.4, -0.2) is 82.3 Å². The highest BCUT2D eigenvalue weighted by atomic mass is 19.1. The Morgan fingerprint density at radius 2 is 1.95 bits per heavy atom. The number of halogens is 2. The van der Waals surface area contributed by atoms with Crippen molar-refractivity contribution < 1.29 is 13.5 Å². The average Bonchev–Trinajstić information content (AvgIpc) is 3.50. The van der Waals surface area contributed by atoms with Crippen molar-refractivity contribution in [1.29, 1.82) is 0 Å². The predicted molar refractivity (Wildman–Crippen MR) is 165 cm³/mol. The zero-order chi connectivity index (χ0) is 29.8. The number of alkyl halides is 1. The molecule has 222 valence electrons. The molecule has 9 heteroatoms. The number of hydrogen-bond donors (Lipinski definition) is 1. The second kappa shape index (κ2) is 10.7. The summed E-state index contributed by atoms with van der Waals surface area (Å²) in [5.74, 6) is 2.64. The Balaban J connectivity index is 1.31. The van der Waals surface area contributed by atoms with Crippen molar-refractivity contribution >= 4 is 27.5 Å². The maximum absolute atomic E-state index is 16.6. The fourth-order valence-corrected chi connectivity index (χ4v) is 7.34. The van der Waals surface area contributed by atoms with E-state index in [-0.39, 0.29) is 34.9 Å². The molecular formula is C34H36F2N6O. The number of nitrogens with one attached hydrogen (secondary N) is 1. The largest absolute Gasteiger partial charge is 0.461 e. The van der Waals surface area contributed by atoms with E-state index in [9.17, 15) is 4.39 Å². The van der Waals surface area contributed by atoms with Gasteiger partial charge in [0.05, 0.1) is 10.9 Å². The molecule has 2 aromatic carbocycles. The van der Waals surface area contributed by atoms with Crippen LogP contribution in [0.3, 0.4) is 0 Å². The SMILES string of the molecule is C#Cc1cccc2cccc(-c3ncc4c(NCC5(N(C)C)CCC5)nc(OCC56CCCN5C[C@H](F)C6)nc4c3F)c12. The summed E-state index contributed by atoms with van der Waals surface area (Å²) < 4.78 is 37.3. The average molecular weight is 583 g/mol. The Bertz CT molecular complexity index is 1740. The first-order valence-corrected chi connectivity index (χ1v) is 15.1. The maximum Gasteiger partial charge on any atom is 0.319 e. The maximum atomic E-state index is 16.6. The summed E-state index contributed by atoms with van der Waals surface area (Å²) in [7, 11) is 4.17. The molecule has 1 saturated carbocycles. The third-order valence-corrected chi connectivity index (χ3v) is 10.0. The van der Waals surface area contributed by atoms with E-state index in [1.54, 1.807) is 6.20 Å². The van der Waals surface area contributed by atoms with Crippen LogP contribution in [0.15, 0.2) is 42.6 Å². The number of aromatic nitrogens is 3. The Labute approximate surface area is 250 Å². The van der Waals surface area contributed by atoms with E-state index >= 15 is 4.39 Å². The van der Waals surface area contributed by atoms with Crippen LogP contribution in [0.1, 0.15) is 44.1 Å². The highest BCUT2D eigenvalue weighted by Gasteiger charge is 2.49. The van der Waals surface area contributed by atoms with E-state index in [0.717, 1.165) is 49.4 Å². The minimum Gasteiger partial charge on any atom is -0.461 e. The number of fused-ring (bicyclic) bond motifs is 3. The minimum absolute atomic E-state index is 0.00207. The van der Waals surface area contributed by atoms with E-state index in [2.05, 4.69) is 45.1 Å². The van der Waals surface area contributed by atoms with E-state index in [1.165, 1.54) is 0 Å². The van der Waals surface area contributed by atoms with Crippen molar-refractivity contribution in [3.63, 3.8) is 0 Å². The van der Waals surface area contributed by atoms with Crippen LogP contribution in [0.25, 0.3) is 32.9 Å². The monoisotopic (exact) mass is 582 g/mol. The van der Waals surface area contributed by atoms with Crippen LogP contribution in [0.2, 0.25) is 0 Å². The molecule has 0 spiro atoms. The molecule has 3 aliphatic rings. The molecule has 2 aliphatic heterocycles. The normalized spacial score (nSPS) is 22.9.